The predicted molar refractivity (Wildman–Crippen MR) is 65.9 cm³/mol. The Hall–Kier alpha value is -1.64. The molecule has 0 atom stereocenters. The van der Waals surface area contributed by atoms with Gasteiger partial charge in [-0.1, -0.05) is 26.0 Å². The van der Waals surface area contributed by atoms with Gasteiger partial charge in [-0.25, -0.2) is 0 Å². The highest BCUT2D eigenvalue weighted by atomic mass is 16.5. The van der Waals surface area contributed by atoms with E-state index in [1.54, 1.807) is 31.2 Å². The summed E-state index contributed by atoms with van der Waals surface area (Å²) in [6.07, 6.45) is 0.829. The number of ketones is 1. The largest absolute Gasteiger partial charge is 0.427 e. The summed E-state index contributed by atoms with van der Waals surface area (Å²) in [5, 5.41) is 0. The van der Waals surface area contributed by atoms with Gasteiger partial charge in [0.2, 0.25) is 0 Å². The van der Waals surface area contributed by atoms with E-state index in [1.807, 2.05) is 13.8 Å². The zero-order valence-electron chi connectivity index (χ0n) is 10.5. The molecule has 0 aliphatic carbocycles. The number of ether oxygens (including phenoxy) is 1. The highest BCUT2D eigenvalue weighted by Crippen LogP contribution is 2.14. The Bertz CT molecular complexity index is 390. The van der Waals surface area contributed by atoms with Crippen molar-refractivity contribution in [1.82, 2.24) is 0 Å². The fourth-order valence-electron chi connectivity index (χ4n) is 1.47. The summed E-state index contributed by atoms with van der Waals surface area (Å²) in [4.78, 5) is 22.3. The highest BCUT2D eigenvalue weighted by Gasteiger charge is 2.07. The normalized spacial score (nSPS) is 10.4. The maximum Gasteiger partial charge on any atom is 0.311 e. The van der Waals surface area contributed by atoms with Crippen LogP contribution in [0.25, 0.3) is 0 Å². The van der Waals surface area contributed by atoms with Crippen LogP contribution in [0.2, 0.25) is 0 Å². The molecule has 1 aromatic rings. The van der Waals surface area contributed by atoms with Crippen molar-refractivity contribution in [3.63, 3.8) is 0 Å². The van der Waals surface area contributed by atoms with Crippen molar-refractivity contribution in [2.24, 2.45) is 5.92 Å². The van der Waals surface area contributed by atoms with Crippen molar-refractivity contribution in [2.75, 3.05) is 0 Å². The molecule has 92 valence electrons. The van der Waals surface area contributed by atoms with E-state index in [0.717, 1.165) is 5.56 Å². The van der Waals surface area contributed by atoms with E-state index in [4.69, 9.17) is 4.74 Å². The first-order valence-electron chi connectivity index (χ1n) is 5.76. The van der Waals surface area contributed by atoms with Crippen LogP contribution in [0.1, 0.15) is 32.8 Å². The molecule has 1 aromatic carbocycles. The van der Waals surface area contributed by atoms with Crippen molar-refractivity contribution in [1.29, 1.82) is 0 Å². The first kappa shape index (κ1) is 13.4. The molecule has 0 aromatic heterocycles. The third-order valence-electron chi connectivity index (χ3n) is 2.18. The molecule has 0 aliphatic heterocycles. The van der Waals surface area contributed by atoms with E-state index in [1.165, 1.54) is 0 Å². The zero-order valence-corrected chi connectivity index (χ0v) is 10.5. The molecule has 0 N–H and O–H groups in total. The molecule has 3 nitrogen and oxygen atoms in total. The van der Waals surface area contributed by atoms with Gasteiger partial charge in [-0.3, -0.25) is 9.59 Å². The summed E-state index contributed by atoms with van der Waals surface area (Å²) in [7, 11) is 0. The lowest BCUT2D eigenvalue weighted by atomic mass is 10.1. The monoisotopic (exact) mass is 234 g/mol. The molecule has 0 spiro atoms. The number of rotatable bonds is 5. The van der Waals surface area contributed by atoms with Crippen molar-refractivity contribution in [3.8, 4) is 5.75 Å². The number of benzene rings is 1. The molecule has 0 unspecified atom stereocenters. The molecular weight excluding hydrogens is 216 g/mol. The summed E-state index contributed by atoms with van der Waals surface area (Å²) < 4.78 is 5.16. The number of esters is 1. The average Bonchev–Trinajstić information content (AvgIpc) is 2.18. The van der Waals surface area contributed by atoms with Gasteiger partial charge in [0, 0.05) is 12.8 Å². The molecule has 0 radical (unpaired) electrons. The first-order valence-corrected chi connectivity index (χ1v) is 5.76. The second-order valence-electron chi connectivity index (χ2n) is 4.59. The van der Waals surface area contributed by atoms with Gasteiger partial charge in [0.15, 0.2) is 0 Å². The lowest BCUT2D eigenvalue weighted by Crippen LogP contribution is -2.10. The highest BCUT2D eigenvalue weighted by molar-refractivity contribution is 5.78. The Morgan fingerprint density at radius 3 is 2.24 bits per heavy atom. The van der Waals surface area contributed by atoms with Gasteiger partial charge >= 0.3 is 5.97 Å². The lowest BCUT2D eigenvalue weighted by molar-refractivity contribution is -0.135. The van der Waals surface area contributed by atoms with Gasteiger partial charge in [0.05, 0.1) is 0 Å². The van der Waals surface area contributed by atoms with E-state index < -0.39 is 0 Å². The maximum absolute atomic E-state index is 11.4. The van der Waals surface area contributed by atoms with Gasteiger partial charge in [0.25, 0.3) is 0 Å². The minimum absolute atomic E-state index is 0.120. The minimum atomic E-state index is -0.223. The number of carbonyl (C=O) groups excluding carboxylic acids is 2. The van der Waals surface area contributed by atoms with Crippen LogP contribution in [0.15, 0.2) is 24.3 Å². The van der Waals surface area contributed by atoms with Gasteiger partial charge in [0.1, 0.15) is 11.5 Å². The number of hydrogen-bond donors (Lipinski definition) is 0. The second kappa shape index (κ2) is 6.18. The Morgan fingerprint density at radius 1 is 1.18 bits per heavy atom. The molecule has 3 heteroatoms. The smallest absolute Gasteiger partial charge is 0.311 e. The van der Waals surface area contributed by atoms with Crippen LogP contribution in [0.5, 0.6) is 5.75 Å². The first-order chi connectivity index (χ1) is 7.97. The molecule has 0 heterocycles. The molecule has 0 saturated carbocycles. The van der Waals surface area contributed by atoms with Crippen molar-refractivity contribution >= 4 is 11.8 Å². The standard InChI is InChI=1S/C14H18O3/c1-10(2)8-14(16)17-13-6-4-12(5-7-13)9-11(3)15/h4-7,10H,8-9H2,1-3H3. The van der Waals surface area contributed by atoms with E-state index >= 15 is 0 Å². The SMILES string of the molecule is CC(=O)Cc1ccc(OC(=O)CC(C)C)cc1. The molecule has 1 rings (SSSR count). The fourth-order valence-corrected chi connectivity index (χ4v) is 1.47. The van der Waals surface area contributed by atoms with Gasteiger partial charge < -0.3 is 4.74 Å². The topological polar surface area (TPSA) is 43.4 Å². The number of Topliss-reactive ketones (excluding diaryl/α,β-unsaturated/α-hetero) is 1. The van der Waals surface area contributed by atoms with Crippen LogP contribution in [0, 0.1) is 5.92 Å². The summed E-state index contributed by atoms with van der Waals surface area (Å²) in [6.45, 7) is 5.49. The van der Waals surface area contributed by atoms with Crippen LogP contribution in [-0.2, 0) is 16.0 Å². The zero-order chi connectivity index (χ0) is 12.8. The predicted octanol–water partition coefficient (Wildman–Crippen LogP) is 2.77. The van der Waals surface area contributed by atoms with E-state index in [9.17, 15) is 9.59 Å². The lowest BCUT2D eigenvalue weighted by Gasteiger charge is -2.06. The maximum atomic E-state index is 11.4. The molecule has 0 fully saturated rings. The van der Waals surface area contributed by atoms with Crippen LogP contribution in [0.4, 0.5) is 0 Å². The molecule has 0 saturated heterocycles. The van der Waals surface area contributed by atoms with Crippen molar-refractivity contribution in [3.05, 3.63) is 29.8 Å². The van der Waals surface area contributed by atoms with E-state index in [-0.39, 0.29) is 11.8 Å². The number of carbonyl (C=O) groups is 2. The summed E-state index contributed by atoms with van der Waals surface area (Å²) in [6, 6.07) is 7.05. The van der Waals surface area contributed by atoms with Crippen LogP contribution in [0.3, 0.4) is 0 Å². The Labute approximate surface area is 102 Å². The van der Waals surface area contributed by atoms with Crippen molar-refractivity contribution < 1.29 is 14.3 Å². The third kappa shape index (κ3) is 5.29. The molecule has 0 amide bonds. The Kier molecular flexibility index (Phi) is 4.88. The third-order valence-corrected chi connectivity index (χ3v) is 2.18. The van der Waals surface area contributed by atoms with E-state index in [2.05, 4.69) is 0 Å². The Morgan fingerprint density at radius 2 is 1.76 bits per heavy atom. The average molecular weight is 234 g/mol. The van der Waals surface area contributed by atoms with E-state index in [0.29, 0.717) is 24.5 Å². The quantitative estimate of drug-likeness (QED) is 0.581. The molecular formula is C14H18O3. The number of hydrogen-bond acceptors (Lipinski definition) is 3. The van der Waals surface area contributed by atoms with Gasteiger partial charge in [-0.2, -0.15) is 0 Å². The molecule has 17 heavy (non-hydrogen) atoms. The van der Waals surface area contributed by atoms with Crippen LogP contribution < -0.4 is 4.74 Å². The van der Waals surface area contributed by atoms with Gasteiger partial charge in [-0.05, 0) is 30.5 Å². The summed E-state index contributed by atoms with van der Waals surface area (Å²) in [5.41, 5.74) is 0.932. The minimum Gasteiger partial charge on any atom is -0.427 e. The van der Waals surface area contributed by atoms with Crippen molar-refractivity contribution in [2.45, 2.75) is 33.6 Å². The fraction of sp³-hybridized carbons (Fsp3) is 0.429. The summed E-state index contributed by atoms with van der Waals surface area (Å²) >= 11 is 0. The van der Waals surface area contributed by atoms with Crippen LogP contribution in [-0.4, -0.2) is 11.8 Å². The van der Waals surface area contributed by atoms with Gasteiger partial charge in [-0.15, -0.1) is 0 Å². The molecule has 0 bridgehead atoms. The summed E-state index contributed by atoms with van der Waals surface area (Å²) in [5.74, 6) is 0.719. The Balaban J connectivity index is 2.56. The van der Waals surface area contributed by atoms with Crippen LogP contribution >= 0.6 is 0 Å². The molecule has 0 aliphatic rings. The second-order valence-corrected chi connectivity index (χ2v) is 4.59.